The van der Waals surface area contributed by atoms with Crippen molar-refractivity contribution in [3.8, 4) is 5.75 Å². The average Bonchev–Trinajstić information content (AvgIpc) is 3.08. The Bertz CT molecular complexity index is 610. The summed E-state index contributed by atoms with van der Waals surface area (Å²) in [5.74, 6) is 2.44. The molecule has 1 aromatic heterocycles. The summed E-state index contributed by atoms with van der Waals surface area (Å²) < 4.78 is 10.9. The van der Waals surface area contributed by atoms with Crippen LogP contribution >= 0.6 is 0 Å². The van der Waals surface area contributed by atoms with Crippen LogP contribution in [0.1, 0.15) is 31.7 Å². The van der Waals surface area contributed by atoms with Crippen LogP contribution in [0.4, 0.5) is 0 Å². The Kier molecular flexibility index (Phi) is 7.67. The largest absolute Gasteiger partial charge is 0.494 e. The molecule has 2 rings (SSSR count). The lowest BCUT2D eigenvalue weighted by molar-refractivity contribution is 0.311. The van der Waals surface area contributed by atoms with Gasteiger partial charge in [0, 0.05) is 19.2 Å². The van der Waals surface area contributed by atoms with Crippen molar-refractivity contribution in [3.63, 3.8) is 0 Å². The predicted octanol–water partition coefficient (Wildman–Crippen LogP) is 2.76. The summed E-state index contributed by atoms with van der Waals surface area (Å²) in [4.78, 5) is 4.51. The van der Waals surface area contributed by atoms with Crippen LogP contribution in [0.3, 0.4) is 0 Å². The van der Waals surface area contributed by atoms with Gasteiger partial charge in [-0.15, -0.1) is 0 Å². The number of benzene rings is 1. The molecule has 0 fully saturated rings. The quantitative estimate of drug-likeness (QED) is 0.420. The molecule has 1 aromatic carbocycles. The van der Waals surface area contributed by atoms with Gasteiger partial charge in [0.25, 0.3) is 0 Å². The first kappa shape index (κ1) is 17.8. The number of nitrogens with zero attached hydrogens (tertiary/aromatic N) is 2. The average molecular weight is 330 g/mol. The maximum absolute atomic E-state index is 5.67. The number of rotatable bonds is 9. The van der Waals surface area contributed by atoms with Crippen LogP contribution in [0, 0.1) is 0 Å². The van der Waals surface area contributed by atoms with Crippen LogP contribution in [0.5, 0.6) is 5.75 Å². The van der Waals surface area contributed by atoms with Crippen LogP contribution in [0.25, 0.3) is 0 Å². The maximum atomic E-state index is 5.67. The molecule has 0 aliphatic carbocycles. The molecular formula is C18H26N4O2. The molecule has 0 atom stereocenters. The summed E-state index contributed by atoms with van der Waals surface area (Å²) in [6.45, 7) is 6.83. The highest BCUT2D eigenvalue weighted by molar-refractivity contribution is 5.79. The van der Waals surface area contributed by atoms with E-state index in [1.807, 2.05) is 50.2 Å². The molecule has 1 heterocycles. The Morgan fingerprint density at radius 1 is 1.21 bits per heavy atom. The molecule has 0 aliphatic rings. The maximum Gasteiger partial charge on any atom is 0.191 e. The molecular weight excluding hydrogens is 304 g/mol. The number of nitrogens with one attached hydrogen (secondary N) is 2. The fraction of sp³-hybridized carbons (Fsp3) is 0.444. The van der Waals surface area contributed by atoms with Crippen molar-refractivity contribution in [2.45, 2.75) is 33.2 Å². The van der Waals surface area contributed by atoms with E-state index in [0.29, 0.717) is 13.2 Å². The monoisotopic (exact) mass is 330 g/mol. The SMILES string of the molecule is CCNC(=NCc1cc(CC)no1)NCCCOc1ccccc1. The Morgan fingerprint density at radius 3 is 2.75 bits per heavy atom. The second-order valence-corrected chi connectivity index (χ2v) is 5.28. The lowest BCUT2D eigenvalue weighted by Crippen LogP contribution is -2.38. The summed E-state index contributed by atoms with van der Waals surface area (Å²) in [7, 11) is 0. The first-order valence-electron chi connectivity index (χ1n) is 8.46. The highest BCUT2D eigenvalue weighted by Crippen LogP contribution is 2.08. The van der Waals surface area contributed by atoms with E-state index in [4.69, 9.17) is 9.26 Å². The van der Waals surface area contributed by atoms with E-state index in [1.54, 1.807) is 0 Å². The molecule has 24 heavy (non-hydrogen) atoms. The first-order valence-corrected chi connectivity index (χ1v) is 8.46. The molecule has 0 aliphatic heterocycles. The zero-order valence-corrected chi connectivity index (χ0v) is 14.4. The van der Waals surface area contributed by atoms with Gasteiger partial charge in [-0.2, -0.15) is 0 Å². The molecule has 0 unspecified atom stereocenters. The van der Waals surface area contributed by atoms with E-state index in [-0.39, 0.29) is 0 Å². The molecule has 0 saturated carbocycles. The molecule has 2 aromatic rings. The number of hydrogen-bond donors (Lipinski definition) is 2. The number of aliphatic imine (C=N–C) groups is 1. The summed E-state index contributed by atoms with van der Waals surface area (Å²) in [5, 5.41) is 10.5. The lowest BCUT2D eigenvalue weighted by atomic mass is 10.3. The molecule has 130 valence electrons. The highest BCUT2D eigenvalue weighted by Gasteiger charge is 2.03. The number of guanidine groups is 1. The van der Waals surface area contributed by atoms with Gasteiger partial charge in [0.2, 0.25) is 0 Å². The summed E-state index contributed by atoms with van der Waals surface area (Å²) >= 11 is 0. The first-order chi connectivity index (χ1) is 11.8. The van der Waals surface area contributed by atoms with E-state index < -0.39 is 0 Å². The van der Waals surface area contributed by atoms with Gasteiger partial charge in [0.1, 0.15) is 12.3 Å². The fourth-order valence-corrected chi connectivity index (χ4v) is 2.08. The number of ether oxygens (including phenoxy) is 1. The molecule has 0 spiro atoms. The molecule has 0 saturated heterocycles. The smallest absolute Gasteiger partial charge is 0.191 e. The van der Waals surface area contributed by atoms with Crippen LogP contribution in [0.2, 0.25) is 0 Å². The normalized spacial score (nSPS) is 11.3. The van der Waals surface area contributed by atoms with Gasteiger partial charge in [0.15, 0.2) is 11.7 Å². The van der Waals surface area contributed by atoms with Gasteiger partial charge in [-0.05, 0) is 31.9 Å². The Morgan fingerprint density at radius 2 is 2.04 bits per heavy atom. The summed E-state index contributed by atoms with van der Waals surface area (Å²) in [6, 6.07) is 11.8. The van der Waals surface area contributed by atoms with Gasteiger partial charge in [0.05, 0.1) is 12.3 Å². The van der Waals surface area contributed by atoms with Crippen LogP contribution < -0.4 is 15.4 Å². The highest BCUT2D eigenvalue weighted by atomic mass is 16.5. The minimum Gasteiger partial charge on any atom is -0.494 e. The van der Waals surface area contributed by atoms with Crippen molar-refractivity contribution in [1.82, 2.24) is 15.8 Å². The van der Waals surface area contributed by atoms with E-state index in [2.05, 4.69) is 20.8 Å². The Labute approximate surface area is 143 Å². The predicted molar refractivity (Wildman–Crippen MR) is 95.3 cm³/mol. The number of aromatic nitrogens is 1. The van der Waals surface area contributed by atoms with Crippen molar-refractivity contribution < 1.29 is 9.26 Å². The zero-order chi connectivity index (χ0) is 17.0. The minimum absolute atomic E-state index is 0.475. The third-order valence-electron chi connectivity index (χ3n) is 3.33. The van der Waals surface area contributed by atoms with Gasteiger partial charge in [-0.25, -0.2) is 4.99 Å². The van der Waals surface area contributed by atoms with E-state index in [1.165, 1.54) is 0 Å². The van der Waals surface area contributed by atoms with Gasteiger partial charge < -0.3 is 19.9 Å². The van der Waals surface area contributed by atoms with Crippen molar-refractivity contribution in [3.05, 3.63) is 47.9 Å². The van der Waals surface area contributed by atoms with Crippen LogP contribution in [0.15, 0.2) is 45.9 Å². The lowest BCUT2D eigenvalue weighted by Gasteiger charge is -2.11. The van der Waals surface area contributed by atoms with Crippen LogP contribution in [-0.2, 0) is 13.0 Å². The molecule has 6 nitrogen and oxygen atoms in total. The third-order valence-corrected chi connectivity index (χ3v) is 3.33. The van der Waals surface area contributed by atoms with E-state index in [9.17, 15) is 0 Å². The van der Waals surface area contributed by atoms with Crippen molar-refractivity contribution in [2.75, 3.05) is 19.7 Å². The van der Waals surface area contributed by atoms with Gasteiger partial charge in [-0.3, -0.25) is 0 Å². The van der Waals surface area contributed by atoms with Crippen LogP contribution in [-0.4, -0.2) is 30.8 Å². The topological polar surface area (TPSA) is 71.7 Å². The molecule has 6 heteroatoms. The summed E-state index contributed by atoms with van der Waals surface area (Å²) in [5.41, 5.74) is 0.955. The molecule has 2 N–H and O–H groups in total. The zero-order valence-electron chi connectivity index (χ0n) is 14.4. The second-order valence-electron chi connectivity index (χ2n) is 5.28. The summed E-state index contributed by atoms with van der Waals surface area (Å²) in [6.07, 6.45) is 1.76. The van der Waals surface area contributed by atoms with Crippen molar-refractivity contribution >= 4 is 5.96 Å². The van der Waals surface area contributed by atoms with Gasteiger partial charge >= 0.3 is 0 Å². The second kappa shape index (κ2) is 10.3. The van der Waals surface area contributed by atoms with Gasteiger partial charge in [-0.1, -0.05) is 30.3 Å². The van der Waals surface area contributed by atoms with E-state index in [0.717, 1.165) is 49.1 Å². The minimum atomic E-state index is 0.475. The standard InChI is InChI=1S/C18H26N4O2/c1-3-15-13-17(24-22-15)14-21-18(19-4-2)20-11-8-12-23-16-9-6-5-7-10-16/h5-7,9-10,13H,3-4,8,11-12,14H2,1-2H3,(H2,19,20,21). The number of aryl methyl sites for hydroxylation is 1. The Hall–Kier alpha value is -2.50. The number of hydrogen-bond acceptors (Lipinski definition) is 4. The van der Waals surface area contributed by atoms with E-state index >= 15 is 0 Å². The van der Waals surface area contributed by atoms with Crippen molar-refractivity contribution in [2.24, 2.45) is 4.99 Å². The fourth-order valence-electron chi connectivity index (χ4n) is 2.08. The third kappa shape index (κ3) is 6.32. The molecule has 0 amide bonds. The Balaban J connectivity index is 1.71. The molecule has 0 bridgehead atoms. The number of para-hydroxylation sites is 1. The molecule has 0 radical (unpaired) electrons. The van der Waals surface area contributed by atoms with Crippen molar-refractivity contribution in [1.29, 1.82) is 0 Å².